The molecule has 1 fully saturated rings. The zero-order valence-electron chi connectivity index (χ0n) is 14.1. The molecule has 1 aliphatic heterocycles. The molecule has 2 rings (SSSR count). The third-order valence-electron chi connectivity index (χ3n) is 3.67. The van der Waals surface area contributed by atoms with E-state index in [0.29, 0.717) is 6.04 Å². The van der Waals surface area contributed by atoms with Crippen molar-refractivity contribution in [2.75, 3.05) is 37.8 Å². The molecular formula is C17H29N3O2S. The maximum atomic E-state index is 5.37. The molecule has 1 saturated heterocycles. The Bertz CT molecular complexity index is 431. The molecular weight excluding hydrogens is 310 g/mol. The van der Waals surface area contributed by atoms with Gasteiger partial charge in [-0.3, -0.25) is 4.99 Å². The van der Waals surface area contributed by atoms with Gasteiger partial charge in [-0.1, -0.05) is 0 Å². The molecule has 0 aliphatic carbocycles. The summed E-state index contributed by atoms with van der Waals surface area (Å²) in [5.74, 6) is 4.37. The number of ether oxygens (including phenoxy) is 1. The number of hydrogen-bond acceptors (Lipinski definition) is 4. The predicted molar refractivity (Wildman–Crippen MR) is 97.3 cm³/mol. The Kier molecular flexibility index (Phi) is 9.03. The first kappa shape index (κ1) is 18.2. The van der Waals surface area contributed by atoms with Crippen LogP contribution in [0.5, 0.6) is 0 Å². The van der Waals surface area contributed by atoms with Crippen molar-refractivity contribution >= 4 is 17.7 Å². The van der Waals surface area contributed by atoms with Crippen LogP contribution < -0.4 is 10.6 Å². The van der Waals surface area contributed by atoms with E-state index < -0.39 is 0 Å². The molecule has 0 aromatic carbocycles. The van der Waals surface area contributed by atoms with E-state index in [1.54, 1.807) is 6.26 Å². The molecule has 1 atom stereocenters. The van der Waals surface area contributed by atoms with Crippen LogP contribution in [0.25, 0.3) is 0 Å². The summed E-state index contributed by atoms with van der Waals surface area (Å²) in [7, 11) is 0. The van der Waals surface area contributed by atoms with E-state index in [2.05, 4.69) is 15.6 Å². The van der Waals surface area contributed by atoms with E-state index in [9.17, 15) is 0 Å². The van der Waals surface area contributed by atoms with Crippen molar-refractivity contribution in [2.45, 2.75) is 38.6 Å². The third-order valence-corrected chi connectivity index (χ3v) is 4.88. The summed E-state index contributed by atoms with van der Waals surface area (Å²) in [6.07, 6.45) is 6.05. The van der Waals surface area contributed by atoms with Crippen LogP contribution >= 0.6 is 11.8 Å². The molecule has 0 spiro atoms. The van der Waals surface area contributed by atoms with Crippen LogP contribution in [0.15, 0.2) is 27.8 Å². The molecule has 0 radical (unpaired) electrons. The summed E-state index contributed by atoms with van der Waals surface area (Å²) in [6.45, 7) is 5.18. The zero-order valence-corrected chi connectivity index (χ0v) is 14.9. The van der Waals surface area contributed by atoms with Gasteiger partial charge in [0.1, 0.15) is 5.76 Å². The Balaban J connectivity index is 1.75. The van der Waals surface area contributed by atoms with Gasteiger partial charge in [-0.25, -0.2) is 0 Å². The van der Waals surface area contributed by atoms with Crippen LogP contribution in [-0.4, -0.2) is 49.8 Å². The average molecular weight is 340 g/mol. The summed E-state index contributed by atoms with van der Waals surface area (Å²) >= 11 is 2.02. The second-order valence-electron chi connectivity index (χ2n) is 5.60. The van der Waals surface area contributed by atoms with Crippen LogP contribution in [0.2, 0.25) is 0 Å². The average Bonchev–Trinajstić information content (AvgIpc) is 3.09. The van der Waals surface area contributed by atoms with E-state index in [1.807, 2.05) is 30.8 Å². The van der Waals surface area contributed by atoms with E-state index in [-0.39, 0.29) is 0 Å². The molecule has 6 heteroatoms. The molecule has 2 heterocycles. The quantitative estimate of drug-likeness (QED) is 0.411. The summed E-state index contributed by atoms with van der Waals surface area (Å²) in [4.78, 5) is 4.68. The maximum absolute atomic E-state index is 5.37. The van der Waals surface area contributed by atoms with Crippen molar-refractivity contribution < 1.29 is 9.15 Å². The van der Waals surface area contributed by atoms with Gasteiger partial charge in [-0.2, -0.15) is 11.8 Å². The summed E-state index contributed by atoms with van der Waals surface area (Å²) in [5.41, 5.74) is 0. The number of thioether (sulfide) groups is 1. The second kappa shape index (κ2) is 11.4. The lowest BCUT2D eigenvalue weighted by Gasteiger charge is -2.24. The van der Waals surface area contributed by atoms with Crippen molar-refractivity contribution in [3.05, 3.63) is 24.2 Å². The lowest BCUT2D eigenvalue weighted by Crippen LogP contribution is -2.46. The number of nitrogens with zero attached hydrogens (tertiary/aromatic N) is 1. The predicted octanol–water partition coefficient (Wildman–Crippen LogP) is 2.68. The summed E-state index contributed by atoms with van der Waals surface area (Å²) in [6, 6.07) is 4.46. The number of nitrogens with one attached hydrogen (secondary N) is 2. The Morgan fingerprint density at radius 3 is 3.22 bits per heavy atom. The molecule has 1 unspecified atom stereocenters. The fraction of sp³-hybridized carbons (Fsp3) is 0.706. The van der Waals surface area contributed by atoms with Crippen LogP contribution in [0, 0.1) is 0 Å². The van der Waals surface area contributed by atoms with Gasteiger partial charge in [0.15, 0.2) is 5.96 Å². The SMILES string of the molecule is CCOCCCN=C(NCCc1ccco1)NC1CCCSC1. The first-order valence-corrected chi connectivity index (χ1v) is 9.76. The summed E-state index contributed by atoms with van der Waals surface area (Å²) in [5, 5.41) is 7.00. The smallest absolute Gasteiger partial charge is 0.191 e. The van der Waals surface area contributed by atoms with Gasteiger partial charge in [-0.15, -0.1) is 0 Å². The Hall–Kier alpha value is -1.14. The molecule has 2 N–H and O–H groups in total. The monoisotopic (exact) mass is 339 g/mol. The fourth-order valence-electron chi connectivity index (χ4n) is 2.46. The number of rotatable bonds is 9. The molecule has 130 valence electrons. The van der Waals surface area contributed by atoms with Crippen LogP contribution in [0.1, 0.15) is 31.9 Å². The molecule has 23 heavy (non-hydrogen) atoms. The molecule has 5 nitrogen and oxygen atoms in total. The van der Waals surface area contributed by atoms with E-state index >= 15 is 0 Å². The van der Waals surface area contributed by atoms with Crippen LogP contribution in [-0.2, 0) is 11.2 Å². The minimum atomic E-state index is 0.524. The Morgan fingerprint density at radius 1 is 1.52 bits per heavy atom. The summed E-state index contributed by atoms with van der Waals surface area (Å²) < 4.78 is 10.7. The van der Waals surface area contributed by atoms with Crippen molar-refractivity contribution in [3.8, 4) is 0 Å². The molecule has 1 aromatic heterocycles. The van der Waals surface area contributed by atoms with Gasteiger partial charge in [0, 0.05) is 44.5 Å². The van der Waals surface area contributed by atoms with E-state index in [0.717, 1.165) is 56.6 Å². The number of guanidine groups is 1. The first-order valence-electron chi connectivity index (χ1n) is 8.61. The number of furan rings is 1. The van der Waals surface area contributed by atoms with Crippen LogP contribution in [0.3, 0.4) is 0 Å². The lowest BCUT2D eigenvalue weighted by atomic mass is 10.2. The van der Waals surface area contributed by atoms with Crippen molar-refractivity contribution in [1.82, 2.24) is 10.6 Å². The van der Waals surface area contributed by atoms with Crippen molar-refractivity contribution in [2.24, 2.45) is 4.99 Å². The van der Waals surface area contributed by atoms with Gasteiger partial charge < -0.3 is 19.8 Å². The van der Waals surface area contributed by atoms with Crippen molar-refractivity contribution in [1.29, 1.82) is 0 Å². The standard InChI is InChI=1S/C17H29N3O2S/c1-2-21-11-5-9-18-17(20-15-6-4-13-23-14-15)19-10-8-16-7-3-12-22-16/h3,7,12,15H,2,4-6,8-11,13-14H2,1H3,(H2,18,19,20). The highest BCUT2D eigenvalue weighted by Gasteiger charge is 2.14. The third kappa shape index (κ3) is 7.79. The maximum Gasteiger partial charge on any atom is 0.191 e. The van der Waals surface area contributed by atoms with Crippen LogP contribution in [0.4, 0.5) is 0 Å². The van der Waals surface area contributed by atoms with Gasteiger partial charge in [0.05, 0.1) is 6.26 Å². The highest BCUT2D eigenvalue weighted by Crippen LogP contribution is 2.16. The highest BCUT2D eigenvalue weighted by atomic mass is 32.2. The molecule has 0 saturated carbocycles. The molecule has 0 amide bonds. The number of hydrogen-bond donors (Lipinski definition) is 2. The molecule has 0 bridgehead atoms. The largest absolute Gasteiger partial charge is 0.469 e. The van der Waals surface area contributed by atoms with Gasteiger partial charge >= 0.3 is 0 Å². The zero-order chi connectivity index (χ0) is 16.2. The van der Waals surface area contributed by atoms with Gasteiger partial charge in [-0.05, 0) is 44.1 Å². The topological polar surface area (TPSA) is 58.8 Å². The Morgan fingerprint density at radius 2 is 2.48 bits per heavy atom. The molecule has 1 aliphatic rings. The second-order valence-corrected chi connectivity index (χ2v) is 6.75. The minimum Gasteiger partial charge on any atom is -0.469 e. The lowest BCUT2D eigenvalue weighted by molar-refractivity contribution is 0.146. The van der Waals surface area contributed by atoms with E-state index in [4.69, 9.17) is 9.15 Å². The Labute approximate surface area is 143 Å². The normalized spacial score (nSPS) is 18.8. The van der Waals surface area contributed by atoms with Gasteiger partial charge in [0.2, 0.25) is 0 Å². The number of aliphatic imine (C=N–C) groups is 1. The fourth-order valence-corrected chi connectivity index (χ4v) is 3.53. The van der Waals surface area contributed by atoms with E-state index in [1.165, 1.54) is 18.6 Å². The van der Waals surface area contributed by atoms with Crippen molar-refractivity contribution in [3.63, 3.8) is 0 Å². The van der Waals surface area contributed by atoms with Gasteiger partial charge in [0.25, 0.3) is 0 Å². The highest BCUT2D eigenvalue weighted by molar-refractivity contribution is 7.99. The minimum absolute atomic E-state index is 0.524. The molecule has 1 aromatic rings. The first-order chi connectivity index (χ1) is 11.4.